The maximum Gasteiger partial charge on any atom is 0.0951 e. The van der Waals surface area contributed by atoms with Gasteiger partial charge < -0.3 is 13.9 Å². The zero-order chi connectivity index (χ0) is 15.4. The van der Waals surface area contributed by atoms with E-state index in [2.05, 4.69) is 39.3 Å². The number of imidazole rings is 1. The van der Waals surface area contributed by atoms with Gasteiger partial charge in [0.1, 0.15) is 0 Å². The van der Waals surface area contributed by atoms with Gasteiger partial charge in [-0.05, 0) is 25.6 Å². The highest BCUT2D eigenvalue weighted by molar-refractivity contribution is 5.09. The van der Waals surface area contributed by atoms with Crippen LogP contribution in [-0.2, 0) is 13.1 Å². The van der Waals surface area contributed by atoms with Crippen LogP contribution in [0.15, 0.2) is 35.5 Å². The highest BCUT2D eigenvalue weighted by Gasteiger charge is 2.25. The minimum Gasteiger partial charge on any atom is -0.472 e. The third-order valence-corrected chi connectivity index (χ3v) is 4.65. The smallest absolute Gasteiger partial charge is 0.0951 e. The standard InChI is InChI=1S/C17H26N4O/c1-3-19(4-2)7-5-16-11-20(10-15-6-8-22-13-15)12-17-9-18-14-21(16)17/h6,8-9,13-14,16H,3-5,7,10-12H2,1-2H3. The SMILES string of the molecule is CCN(CC)CCC1CN(Cc2ccoc2)Cc2cncn21. The summed E-state index contributed by atoms with van der Waals surface area (Å²) in [5.74, 6) is 0. The minimum atomic E-state index is 0.513. The van der Waals surface area contributed by atoms with E-state index in [9.17, 15) is 0 Å². The number of hydrogen-bond acceptors (Lipinski definition) is 4. The van der Waals surface area contributed by atoms with Gasteiger partial charge in [0.15, 0.2) is 0 Å². The molecule has 0 radical (unpaired) electrons. The molecule has 0 spiro atoms. The van der Waals surface area contributed by atoms with E-state index < -0.39 is 0 Å². The first kappa shape index (κ1) is 15.3. The zero-order valence-electron chi connectivity index (χ0n) is 13.6. The number of fused-ring (bicyclic) bond motifs is 1. The summed E-state index contributed by atoms with van der Waals surface area (Å²) in [6.07, 6.45) is 8.77. The molecule has 3 rings (SSSR count). The van der Waals surface area contributed by atoms with Crippen LogP contribution < -0.4 is 0 Å². The Balaban J connectivity index is 1.66. The van der Waals surface area contributed by atoms with Crippen molar-refractivity contribution in [2.24, 2.45) is 0 Å². The highest BCUT2D eigenvalue weighted by Crippen LogP contribution is 2.25. The number of nitrogens with zero attached hydrogens (tertiary/aromatic N) is 4. The predicted molar refractivity (Wildman–Crippen MR) is 86.5 cm³/mol. The molecule has 1 aliphatic heterocycles. The van der Waals surface area contributed by atoms with Crippen LogP contribution in [0.4, 0.5) is 0 Å². The normalized spacial score (nSPS) is 18.8. The van der Waals surface area contributed by atoms with Crippen molar-refractivity contribution in [2.45, 2.75) is 39.4 Å². The molecule has 1 atom stereocenters. The van der Waals surface area contributed by atoms with Gasteiger partial charge in [0.25, 0.3) is 0 Å². The number of rotatable bonds is 7. The highest BCUT2D eigenvalue weighted by atomic mass is 16.3. The van der Waals surface area contributed by atoms with Gasteiger partial charge in [0.2, 0.25) is 0 Å². The molecule has 120 valence electrons. The van der Waals surface area contributed by atoms with E-state index in [-0.39, 0.29) is 0 Å². The Morgan fingerprint density at radius 2 is 2.23 bits per heavy atom. The van der Waals surface area contributed by atoms with Crippen molar-refractivity contribution < 1.29 is 4.42 Å². The van der Waals surface area contributed by atoms with E-state index in [0.717, 1.165) is 39.3 Å². The van der Waals surface area contributed by atoms with Crippen molar-refractivity contribution in [1.82, 2.24) is 19.4 Å². The van der Waals surface area contributed by atoms with Crippen molar-refractivity contribution in [3.05, 3.63) is 42.4 Å². The van der Waals surface area contributed by atoms with Crippen molar-refractivity contribution in [2.75, 3.05) is 26.2 Å². The van der Waals surface area contributed by atoms with Gasteiger partial charge in [-0.25, -0.2) is 4.98 Å². The summed E-state index contributed by atoms with van der Waals surface area (Å²) in [5.41, 5.74) is 2.56. The average molecular weight is 302 g/mol. The lowest BCUT2D eigenvalue weighted by atomic mass is 10.1. The molecule has 0 bridgehead atoms. The predicted octanol–water partition coefficient (Wildman–Crippen LogP) is 2.76. The summed E-state index contributed by atoms with van der Waals surface area (Å²) in [4.78, 5) is 9.34. The van der Waals surface area contributed by atoms with Crippen LogP contribution >= 0.6 is 0 Å². The largest absolute Gasteiger partial charge is 0.472 e. The summed E-state index contributed by atoms with van der Waals surface area (Å²) >= 11 is 0. The molecule has 1 aliphatic rings. The summed E-state index contributed by atoms with van der Waals surface area (Å²) in [7, 11) is 0. The molecule has 2 aromatic rings. The number of furan rings is 1. The Morgan fingerprint density at radius 3 is 2.95 bits per heavy atom. The molecule has 0 N–H and O–H groups in total. The first-order valence-electron chi connectivity index (χ1n) is 8.26. The second kappa shape index (κ2) is 7.11. The van der Waals surface area contributed by atoms with E-state index >= 15 is 0 Å². The summed E-state index contributed by atoms with van der Waals surface area (Å²) in [6, 6.07) is 2.57. The van der Waals surface area contributed by atoms with E-state index in [4.69, 9.17) is 4.42 Å². The molecule has 0 fully saturated rings. The van der Waals surface area contributed by atoms with E-state index in [1.165, 1.54) is 17.7 Å². The van der Waals surface area contributed by atoms with E-state index in [1.54, 1.807) is 6.26 Å². The van der Waals surface area contributed by atoms with Gasteiger partial charge >= 0.3 is 0 Å². The summed E-state index contributed by atoms with van der Waals surface area (Å²) < 4.78 is 7.56. The molecule has 5 nitrogen and oxygen atoms in total. The topological polar surface area (TPSA) is 37.4 Å². The molecule has 0 amide bonds. The molecule has 0 saturated heterocycles. The fourth-order valence-corrected chi connectivity index (χ4v) is 3.33. The average Bonchev–Trinajstić information content (AvgIpc) is 3.19. The van der Waals surface area contributed by atoms with Crippen LogP contribution in [0.2, 0.25) is 0 Å². The van der Waals surface area contributed by atoms with Gasteiger partial charge in [0, 0.05) is 44.0 Å². The number of aromatic nitrogens is 2. The lowest BCUT2D eigenvalue weighted by Crippen LogP contribution is -2.38. The summed E-state index contributed by atoms with van der Waals surface area (Å²) in [5, 5.41) is 0. The Kier molecular flexibility index (Phi) is 4.95. The van der Waals surface area contributed by atoms with Crippen molar-refractivity contribution in [1.29, 1.82) is 0 Å². The lowest BCUT2D eigenvalue weighted by Gasteiger charge is -2.35. The van der Waals surface area contributed by atoms with Crippen LogP contribution in [0.5, 0.6) is 0 Å². The molecule has 0 aliphatic carbocycles. The van der Waals surface area contributed by atoms with Crippen molar-refractivity contribution in [3.63, 3.8) is 0 Å². The second-order valence-corrected chi connectivity index (χ2v) is 6.06. The van der Waals surface area contributed by atoms with Crippen LogP contribution in [0, 0.1) is 0 Å². The molecule has 1 unspecified atom stereocenters. The molecule has 2 aromatic heterocycles. The molecule has 22 heavy (non-hydrogen) atoms. The molecule has 5 heteroatoms. The van der Waals surface area contributed by atoms with Crippen LogP contribution in [-0.4, -0.2) is 45.5 Å². The molecule has 0 aromatic carbocycles. The Morgan fingerprint density at radius 1 is 1.36 bits per heavy atom. The molecular weight excluding hydrogens is 276 g/mol. The Hall–Kier alpha value is -1.59. The van der Waals surface area contributed by atoms with Crippen molar-refractivity contribution >= 4 is 0 Å². The van der Waals surface area contributed by atoms with Crippen LogP contribution in [0.3, 0.4) is 0 Å². The number of hydrogen-bond donors (Lipinski definition) is 0. The third kappa shape index (κ3) is 3.42. The maximum absolute atomic E-state index is 5.19. The fraction of sp³-hybridized carbons (Fsp3) is 0.588. The molecular formula is C17H26N4O. The van der Waals surface area contributed by atoms with Gasteiger partial charge in [-0.2, -0.15) is 0 Å². The zero-order valence-corrected chi connectivity index (χ0v) is 13.6. The van der Waals surface area contributed by atoms with Crippen LogP contribution in [0.1, 0.15) is 37.6 Å². The van der Waals surface area contributed by atoms with E-state index in [0.29, 0.717) is 6.04 Å². The quantitative estimate of drug-likeness (QED) is 0.788. The Bertz CT molecular complexity index is 559. The first-order chi connectivity index (χ1) is 10.8. The van der Waals surface area contributed by atoms with Crippen LogP contribution in [0.25, 0.3) is 0 Å². The maximum atomic E-state index is 5.19. The monoisotopic (exact) mass is 302 g/mol. The second-order valence-electron chi connectivity index (χ2n) is 6.06. The van der Waals surface area contributed by atoms with Gasteiger partial charge in [0.05, 0.1) is 24.5 Å². The molecule has 0 saturated carbocycles. The van der Waals surface area contributed by atoms with Gasteiger partial charge in [-0.15, -0.1) is 0 Å². The fourth-order valence-electron chi connectivity index (χ4n) is 3.33. The lowest BCUT2D eigenvalue weighted by molar-refractivity contribution is 0.159. The Labute approximate surface area is 132 Å². The third-order valence-electron chi connectivity index (χ3n) is 4.65. The molecule has 3 heterocycles. The van der Waals surface area contributed by atoms with Gasteiger partial charge in [-0.3, -0.25) is 4.90 Å². The van der Waals surface area contributed by atoms with Gasteiger partial charge in [-0.1, -0.05) is 13.8 Å². The van der Waals surface area contributed by atoms with Crippen molar-refractivity contribution in [3.8, 4) is 0 Å². The minimum absolute atomic E-state index is 0.513. The summed E-state index contributed by atoms with van der Waals surface area (Å²) in [6.45, 7) is 10.9. The first-order valence-corrected chi connectivity index (χ1v) is 8.26. The van der Waals surface area contributed by atoms with E-state index in [1.807, 2.05) is 18.8 Å².